The van der Waals surface area contributed by atoms with Gasteiger partial charge in [0.15, 0.2) is 0 Å². The van der Waals surface area contributed by atoms with Crippen LogP contribution in [0.4, 0.5) is 0 Å². The molecule has 1 aromatic rings. The second-order valence-corrected chi connectivity index (χ2v) is 4.02. The van der Waals surface area contributed by atoms with Crippen molar-refractivity contribution < 1.29 is 4.74 Å². The maximum Gasteiger partial charge on any atom is 0.142 e. The Morgan fingerprint density at radius 2 is 2.19 bits per heavy atom. The minimum Gasteiger partial charge on any atom is -0.488 e. The van der Waals surface area contributed by atoms with Crippen LogP contribution in [-0.2, 0) is 6.54 Å². The Morgan fingerprint density at radius 3 is 2.81 bits per heavy atom. The van der Waals surface area contributed by atoms with Gasteiger partial charge in [-0.15, -0.1) is 0 Å². The first-order valence-corrected chi connectivity index (χ1v) is 5.50. The highest BCUT2D eigenvalue weighted by Crippen LogP contribution is 2.16. The second-order valence-electron chi connectivity index (χ2n) is 4.02. The number of allylic oxidation sites excluding steroid dienone is 1. The molecule has 1 aromatic heterocycles. The third-order valence-corrected chi connectivity index (χ3v) is 2.15. The van der Waals surface area contributed by atoms with Crippen LogP contribution in [0.5, 0.6) is 5.75 Å². The summed E-state index contributed by atoms with van der Waals surface area (Å²) in [6.45, 7) is 7.44. The van der Waals surface area contributed by atoms with Crippen molar-refractivity contribution in [3.63, 3.8) is 0 Å². The Labute approximate surface area is 97.5 Å². The van der Waals surface area contributed by atoms with E-state index in [9.17, 15) is 0 Å². The van der Waals surface area contributed by atoms with Crippen LogP contribution in [0.25, 0.3) is 0 Å². The van der Waals surface area contributed by atoms with Gasteiger partial charge in [-0.05, 0) is 46.0 Å². The van der Waals surface area contributed by atoms with Gasteiger partial charge >= 0.3 is 0 Å². The molecule has 0 saturated heterocycles. The van der Waals surface area contributed by atoms with Gasteiger partial charge in [0.05, 0.1) is 5.69 Å². The summed E-state index contributed by atoms with van der Waals surface area (Å²) in [6.07, 6.45) is 2.06. The molecule has 88 valence electrons. The fourth-order valence-corrected chi connectivity index (χ4v) is 1.32. The average Bonchev–Trinajstić information content (AvgIpc) is 2.21. The first-order valence-electron chi connectivity index (χ1n) is 5.50. The van der Waals surface area contributed by atoms with E-state index in [0.29, 0.717) is 6.61 Å². The quantitative estimate of drug-likeness (QED) is 0.774. The molecule has 0 fully saturated rings. The molecule has 0 bridgehead atoms. The molecule has 3 heteroatoms. The van der Waals surface area contributed by atoms with Crippen LogP contribution < -0.4 is 10.1 Å². The van der Waals surface area contributed by atoms with Gasteiger partial charge in [-0.3, -0.25) is 4.98 Å². The molecule has 16 heavy (non-hydrogen) atoms. The van der Waals surface area contributed by atoms with Gasteiger partial charge in [0.25, 0.3) is 0 Å². The van der Waals surface area contributed by atoms with Crippen LogP contribution in [0.1, 0.15) is 25.2 Å². The topological polar surface area (TPSA) is 34.2 Å². The van der Waals surface area contributed by atoms with Crippen molar-refractivity contribution in [2.24, 2.45) is 0 Å². The van der Waals surface area contributed by atoms with Gasteiger partial charge in [0.2, 0.25) is 0 Å². The summed E-state index contributed by atoms with van der Waals surface area (Å²) in [5, 5.41) is 3.09. The SMILES string of the molecule is CNCc1nc(C)ccc1OCC=C(C)C. The summed E-state index contributed by atoms with van der Waals surface area (Å²) in [4.78, 5) is 4.45. The van der Waals surface area contributed by atoms with Crippen molar-refractivity contribution in [3.8, 4) is 5.75 Å². The highest BCUT2D eigenvalue weighted by molar-refractivity contribution is 5.29. The lowest BCUT2D eigenvalue weighted by Gasteiger charge is -2.10. The zero-order chi connectivity index (χ0) is 12.0. The Kier molecular flexibility index (Phi) is 4.99. The minimum absolute atomic E-state index is 0.601. The monoisotopic (exact) mass is 220 g/mol. The zero-order valence-corrected chi connectivity index (χ0v) is 10.5. The molecular weight excluding hydrogens is 200 g/mol. The first-order chi connectivity index (χ1) is 7.63. The maximum atomic E-state index is 5.68. The largest absolute Gasteiger partial charge is 0.488 e. The van der Waals surface area contributed by atoms with Gasteiger partial charge in [0, 0.05) is 12.2 Å². The van der Waals surface area contributed by atoms with E-state index in [0.717, 1.165) is 23.7 Å². The molecule has 0 aromatic carbocycles. The van der Waals surface area contributed by atoms with Gasteiger partial charge in [0.1, 0.15) is 12.4 Å². The summed E-state index contributed by atoms with van der Waals surface area (Å²) in [5.74, 6) is 0.859. The van der Waals surface area contributed by atoms with Crippen molar-refractivity contribution >= 4 is 0 Å². The number of hydrogen-bond donors (Lipinski definition) is 1. The standard InChI is InChI=1S/C13H20N2O/c1-10(2)7-8-16-13-6-5-11(3)15-12(13)9-14-4/h5-7,14H,8-9H2,1-4H3. The minimum atomic E-state index is 0.601. The number of ether oxygens (including phenoxy) is 1. The van der Waals surface area contributed by atoms with Crippen molar-refractivity contribution in [2.45, 2.75) is 27.3 Å². The fourth-order valence-electron chi connectivity index (χ4n) is 1.32. The molecule has 0 aliphatic rings. The van der Waals surface area contributed by atoms with Crippen molar-refractivity contribution in [1.82, 2.24) is 10.3 Å². The maximum absolute atomic E-state index is 5.68. The van der Waals surface area contributed by atoms with E-state index < -0.39 is 0 Å². The van der Waals surface area contributed by atoms with E-state index in [1.165, 1.54) is 5.57 Å². The Morgan fingerprint density at radius 1 is 1.44 bits per heavy atom. The summed E-state index contributed by atoms with van der Waals surface area (Å²) >= 11 is 0. The van der Waals surface area contributed by atoms with Crippen LogP contribution in [0, 0.1) is 6.92 Å². The lowest BCUT2D eigenvalue weighted by atomic mass is 10.3. The first kappa shape index (κ1) is 12.7. The van der Waals surface area contributed by atoms with E-state index in [1.807, 2.05) is 26.1 Å². The van der Waals surface area contributed by atoms with Crippen LogP contribution in [-0.4, -0.2) is 18.6 Å². The summed E-state index contributed by atoms with van der Waals surface area (Å²) in [5.41, 5.74) is 3.24. The molecule has 0 aliphatic carbocycles. The Balaban J connectivity index is 2.74. The van der Waals surface area contributed by atoms with E-state index in [1.54, 1.807) is 0 Å². The predicted octanol–water partition coefficient (Wildman–Crippen LogP) is 2.45. The van der Waals surface area contributed by atoms with Crippen LogP contribution in [0.3, 0.4) is 0 Å². The lowest BCUT2D eigenvalue weighted by Crippen LogP contribution is -2.10. The van der Waals surface area contributed by atoms with E-state index in [4.69, 9.17) is 4.74 Å². The third kappa shape index (κ3) is 4.03. The molecule has 1 N–H and O–H groups in total. The van der Waals surface area contributed by atoms with Crippen molar-refractivity contribution in [3.05, 3.63) is 35.2 Å². The molecule has 0 spiro atoms. The van der Waals surface area contributed by atoms with Gasteiger partial charge in [-0.2, -0.15) is 0 Å². The number of aryl methyl sites for hydroxylation is 1. The normalized spacial score (nSPS) is 10.0. The van der Waals surface area contributed by atoms with Crippen LogP contribution in [0.2, 0.25) is 0 Å². The highest BCUT2D eigenvalue weighted by atomic mass is 16.5. The zero-order valence-electron chi connectivity index (χ0n) is 10.5. The summed E-state index contributed by atoms with van der Waals surface area (Å²) < 4.78 is 5.68. The average molecular weight is 220 g/mol. The molecule has 1 rings (SSSR count). The number of rotatable bonds is 5. The number of nitrogens with zero attached hydrogens (tertiary/aromatic N) is 1. The highest BCUT2D eigenvalue weighted by Gasteiger charge is 2.04. The number of hydrogen-bond acceptors (Lipinski definition) is 3. The molecule has 0 radical (unpaired) electrons. The van der Waals surface area contributed by atoms with Gasteiger partial charge in [-0.1, -0.05) is 5.57 Å². The smallest absolute Gasteiger partial charge is 0.142 e. The van der Waals surface area contributed by atoms with E-state index >= 15 is 0 Å². The number of nitrogens with one attached hydrogen (secondary N) is 1. The van der Waals surface area contributed by atoms with E-state index in [2.05, 4.69) is 30.2 Å². The number of pyridine rings is 1. The second kappa shape index (κ2) is 6.28. The van der Waals surface area contributed by atoms with Crippen LogP contribution >= 0.6 is 0 Å². The lowest BCUT2D eigenvalue weighted by molar-refractivity contribution is 0.354. The van der Waals surface area contributed by atoms with Gasteiger partial charge in [-0.25, -0.2) is 0 Å². The molecule has 1 heterocycles. The fraction of sp³-hybridized carbons (Fsp3) is 0.462. The Bertz CT molecular complexity index is 368. The third-order valence-electron chi connectivity index (χ3n) is 2.15. The summed E-state index contributed by atoms with van der Waals surface area (Å²) in [6, 6.07) is 3.95. The molecule has 0 aliphatic heterocycles. The Hall–Kier alpha value is -1.35. The number of aromatic nitrogens is 1. The molecule has 0 amide bonds. The molecule has 0 atom stereocenters. The van der Waals surface area contributed by atoms with Gasteiger partial charge < -0.3 is 10.1 Å². The van der Waals surface area contributed by atoms with Crippen LogP contribution in [0.15, 0.2) is 23.8 Å². The van der Waals surface area contributed by atoms with Crippen molar-refractivity contribution in [2.75, 3.05) is 13.7 Å². The molecule has 3 nitrogen and oxygen atoms in total. The van der Waals surface area contributed by atoms with E-state index in [-0.39, 0.29) is 0 Å². The molecule has 0 saturated carbocycles. The predicted molar refractivity (Wildman–Crippen MR) is 66.7 cm³/mol. The summed E-state index contributed by atoms with van der Waals surface area (Å²) in [7, 11) is 1.91. The molecule has 0 unspecified atom stereocenters. The van der Waals surface area contributed by atoms with Crippen molar-refractivity contribution in [1.29, 1.82) is 0 Å². The molecular formula is C13H20N2O.